The highest BCUT2D eigenvalue weighted by atomic mass is 16.1. The number of ketones is 1. The summed E-state index contributed by atoms with van der Waals surface area (Å²) in [4.78, 5) is 24.2. The normalized spacial score (nSPS) is 11.1. The first kappa shape index (κ1) is 23.8. The third-order valence-corrected chi connectivity index (χ3v) is 5.08. The van der Waals surface area contributed by atoms with E-state index in [9.17, 15) is 9.59 Å². The van der Waals surface area contributed by atoms with Gasteiger partial charge in [-0.1, -0.05) is 76.2 Å². The van der Waals surface area contributed by atoms with Gasteiger partial charge in [0.2, 0.25) is 5.91 Å². The summed E-state index contributed by atoms with van der Waals surface area (Å²) in [5, 5.41) is 6.42. The van der Waals surface area contributed by atoms with Crippen molar-refractivity contribution in [3.8, 4) is 0 Å². The highest BCUT2D eigenvalue weighted by Gasteiger charge is 2.10. The third-order valence-electron chi connectivity index (χ3n) is 5.08. The van der Waals surface area contributed by atoms with Gasteiger partial charge in [-0.15, -0.1) is 0 Å². The first-order valence-corrected chi connectivity index (χ1v) is 11.1. The molecule has 0 aliphatic rings. The van der Waals surface area contributed by atoms with Gasteiger partial charge in [-0.2, -0.15) is 0 Å². The van der Waals surface area contributed by atoms with Crippen LogP contribution in [0.15, 0.2) is 48.5 Å². The molecule has 0 atom stereocenters. The zero-order valence-electron chi connectivity index (χ0n) is 18.8. The Bertz CT molecular complexity index is 793. The smallest absolute Gasteiger partial charge is 0.224 e. The van der Waals surface area contributed by atoms with Gasteiger partial charge < -0.3 is 10.6 Å². The van der Waals surface area contributed by atoms with E-state index >= 15 is 0 Å². The molecule has 0 radical (unpaired) electrons. The lowest BCUT2D eigenvalue weighted by molar-refractivity contribution is -0.120. The van der Waals surface area contributed by atoms with Crippen LogP contribution < -0.4 is 10.6 Å². The molecule has 2 rings (SSSR count). The maximum absolute atomic E-state index is 12.2. The predicted molar refractivity (Wildman–Crippen MR) is 124 cm³/mol. The average Bonchev–Trinajstić information content (AvgIpc) is 2.72. The van der Waals surface area contributed by atoms with Crippen molar-refractivity contribution in [2.75, 3.05) is 13.1 Å². The van der Waals surface area contributed by atoms with Crippen LogP contribution in [0.3, 0.4) is 0 Å². The van der Waals surface area contributed by atoms with Gasteiger partial charge in [0.15, 0.2) is 5.78 Å². The number of amides is 1. The van der Waals surface area contributed by atoms with E-state index in [1.54, 1.807) is 0 Å². The Morgan fingerprint density at radius 3 is 1.93 bits per heavy atom. The quantitative estimate of drug-likeness (QED) is 0.405. The van der Waals surface area contributed by atoms with Gasteiger partial charge in [0, 0.05) is 24.1 Å². The minimum Gasteiger partial charge on any atom is -0.355 e. The fraction of sp³-hybridized carbons (Fsp3) is 0.462. The molecule has 0 saturated carbocycles. The van der Waals surface area contributed by atoms with E-state index in [0.717, 1.165) is 42.5 Å². The predicted octanol–water partition coefficient (Wildman–Crippen LogP) is 4.36. The summed E-state index contributed by atoms with van der Waals surface area (Å²) in [6.07, 6.45) is 3.32. The van der Waals surface area contributed by atoms with Gasteiger partial charge in [-0.25, -0.2) is 0 Å². The summed E-state index contributed by atoms with van der Waals surface area (Å²) >= 11 is 0. The van der Waals surface area contributed by atoms with Crippen molar-refractivity contribution in [1.29, 1.82) is 0 Å². The highest BCUT2D eigenvalue weighted by molar-refractivity contribution is 5.97. The molecule has 0 aliphatic carbocycles. The van der Waals surface area contributed by atoms with E-state index in [-0.39, 0.29) is 17.6 Å². The van der Waals surface area contributed by atoms with Crippen LogP contribution in [0.5, 0.6) is 0 Å². The molecule has 0 heterocycles. The molecule has 162 valence electrons. The van der Waals surface area contributed by atoms with E-state index < -0.39 is 0 Å². The number of hydrogen-bond acceptors (Lipinski definition) is 3. The lowest BCUT2D eigenvalue weighted by Gasteiger charge is -2.09. The summed E-state index contributed by atoms with van der Waals surface area (Å²) < 4.78 is 0. The van der Waals surface area contributed by atoms with E-state index in [2.05, 4.69) is 48.7 Å². The van der Waals surface area contributed by atoms with E-state index in [4.69, 9.17) is 0 Å². The first-order valence-electron chi connectivity index (χ1n) is 11.1. The third kappa shape index (κ3) is 8.50. The molecule has 0 bridgehead atoms. The van der Waals surface area contributed by atoms with Crippen molar-refractivity contribution in [2.24, 2.45) is 5.92 Å². The van der Waals surface area contributed by atoms with Gasteiger partial charge in [0.1, 0.15) is 0 Å². The zero-order valence-corrected chi connectivity index (χ0v) is 18.8. The Balaban J connectivity index is 1.70. The molecule has 0 spiro atoms. The van der Waals surface area contributed by atoms with Crippen LogP contribution in [0.25, 0.3) is 0 Å². The van der Waals surface area contributed by atoms with Crippen molar-refractivity contribution in [2.45, 2.75) is 59.4 Å². The second-order valence-corrected chi connectivity index (χ2v) is 8.52. The van der Waals surface area contributed by atoms with Crippen LogP contribution in [0, 0.1) is 5.92 Å². The summed E-state index contributed by atoms with van der Waals surface area (Å²) in [6, 6.07) is 16.6. The molecule has 0 fully saturated rings. The van der Waals surface area contributed by atoms with Crippen LogP contribution in [-0.2, 0) is 24.1 Å². The molecule has 30 heavy (non-hydrogen) atoms. The van der Waals surface area contributed by atoms with Gasteiger partial charge in [0.05, 0.1) is 6.42 Å². The Labute approximate surface area is 181 Å². The van der Waals surface area contributed by atoms with Crippen LogP contribution in [0.4, 0.5) is 0 Å². The summed E-state index contributed by atoms with van der Waals surface area (Å²) in [5.41, 5.74) is 4.21. The Morgan fingerprint density at radius 1 is 0.767 bits per heavy atom. The van der Waals surface area contributed by atoms with Gasteiger partial charge in [-0.05, 0) is 42.5 Å². The molecule has 0 aliphatic heterocycles. The molecule has 0 aromatic heterocycles. The molecular weight excluding hydrogens is 372 g/mol. The number of benzene rings is 2. The average molecular weight is 409 g/mol. The molecule has 4 nitrogen and oxygen atoms in total. The van der Waals surface area contributed by atoms with Crippen molar-refractivity contribution in [3.63, 3.8) is 0 Å². The molecular formula is C26H36N2O2. The summed E-state index contributed by atoms with van der Waals surface area (Å²) in [6.45, 7) is 9.75. The second-order valence-electron chi connectivity index (χ2n) is 8.52. The fourth-order valence-electron chi connectivity index (χ4n) is 3.27. The highest BCUT2D eigenvalue weighted by Crippen LogP contribution is 2.11. The van der Waals surface area contributed by atoms with Crippen LogP contribution in [0.1, 0.15) is 61.2 Å². The van der Waals surface area contributed by atoms with Gasteiger partial charge in [0.25, 0.3) is 0 Å². The number of carbonyl (C=O) groups excluding carboxylic acids is 2. The van der Waals surface area contributed by atoms with E-state index in [1.807, 2.05) is 38.1 Å². The van der Waals surface area contributed by atoms with Crippen molar-refractivity contribution < 1.29 is 9.59 Å². The molecule has 2 aromatic carbocycles. The summed E-state index contributed by atoms with van der Waals surface area (Å²) in [5.74, 6) is 0.203. The monoisotopic (exact) mass is 408 g/mol. The Hall–Kier alpha value is -2.46. The standard InChI is InChI=1S/C26H36N2O2/c1-19(2)26(30)24-13-11-22(12-14-24)15-17-28-25(29)18-23-9-7-21(8-10-23)6-5-16-27-20(3)4/h7-14,19-20,27H,5-6,15-18H2,1-4H3,(H,28,29). The van der Waals surface area contributed by atoms with Gasteiger partial charge >= 0.3 is 0 Å². The van der Waals surface area contributed by atoms with Crippen LogP contribution in [0.2, 0.25) is 0 Å². The minimum atomic E-state index is 0.00564. The van der Waals surface area contributed by atoms with Crippen molar-refractivity contribution in [1.82, 2.24) is 10.6 Å². The maximum Gasteiger partial charge on any atom is 0.224 e. The molecule has 0 saturated heterocycles. The van der Waals surface area contributed by atoms with Crippen molar-refractivity contribution >= 4 is 11.7 Å². The Kier molecular flexibility index (Phi) is 9.75. The SMILES string of the molecule is CC(C)NCCCc1ccc(CC(=O)NCCc2ccc(C(=O)C(C)C)cc2)cc1. The number of rotatable bonds is 12. The number of carbonyl (C=O) groups is 2. The van der Waals surface area contributed by atoms with E-state index in [1.165, 1.54) is 5.56 Å². The van der Waals surface area contributed by atoms with Gasteiger partial charge in [-0.3, -0.25) is 9.59 Å². The number of nitrogens with one attached hydrogen (secondary N) is 2. The van der Waals surface area contributed by atoms with Crippen molar-refractivity contribution in [3.05, 3.63) is 70.8 Å². The number of Topliss-reactive ketones (excluding diaryl/α,β-unsaturated/α-hetero) is 1. The maximum atomic E-state index is 12.2. The molecule has 4 heteroatoms. The minimum absolute atomic E-state index is 0.00564. The lowest BCUT2D eigenvalue weighted by Crippen LogP contribution is -2.27. The molecule has 1 amide bonds. The lowest BCUT2D eigenvalue weighted by atomic mass is 9.99. The van der Waals surface area contributed by atoms with E-state index in [0.29, 0.717) is 19.0 Å². The molecule has 0 unspecified atom stereocenters. The largest absolute Gasteiger partial charge is 0.355 e. The molecule has 2 N–H and O–H groups in total. The summed E-state index contributed by atoms with van der Waals surface area (Å²) in [7, 11) is 0. The number of aryl methyl sites for hydroxylation is 1. The fourth-order valence-corrected chi connectivity index (χ4v) is 3.27. The second kappa shape index (κ2) is 12.3. The topological polar surface area (TPSA) is 58.2 Å². The van der Waals surface area contributed by atoms with Crippen LogP contribution in [-0.4, -0.2) is 30.8 Å². The first-order chi connectivity index (χ1) is 14.3. The Morgan fingerprint density at radius 2 is 1.33 bits per heavy atom. The number of hydrogen-bond donors (Lipinski definition) is 2. The van der Waals surface area contributed by atoms with Crippen LogP contribution >= 0.6 is 0 Å². The zero-order chi connectivity index (χ0) is 21.9. The molecule has 2 aromatic rings.